The van der Waals surface area contributed by atoms with Gasteiger partial charge in [0, 0.05) is 36.8 Å². The number of rotatable bonds is 5. The van der Waals surface area contributed by atoms with Crippen molar-refractivity contribution in [2.45, 2.75) is 77.0 Å². The number of H-pyrrole nitrogens is 1. The molecule has 1 aliphatic heterocycles. The van der Waals surface area contributed by atoms with E-state index in [9.17, 15) is 4.79 Å². The molecule has 4 rings (SSSR count). The molecular formula is C22H33Cl2N3O2. The number of nitrogens with zero attached hydrogens (tertiary/aromatic N) is 2. The molecule has 2 fully saturated rings. The van der Waals surface area contributed by atoms with Gasteiger partial charge in [-0.15, -0.1) is 12.4 Å². The summed E-state index contributed by atoms with van der Waals surface area (Å²) in [6, 6.07) is 4.86. The molecular weight excluding hydrogens is 409 g/mol. The number of ether oxygens (including phenoxy) is 1. The summed E-state index contributed by atoms with van der Waals surface area (Å²) < 4.78 is 7.90. The summed E-state index contributed by atoms with van der Waals surface area (Å²) in [4.78, 5) is 18.2. The SMILES string of the molecule is CCCO[C@H]1CC[C@H](N2CCC(n3c(=O)[nH]c4cc(Cl)c(C)cc43)CC2)CC1.Cl. The van der Waals surface area contributed by atoms with E-state index in [2.05, 4.69) is 16.8 Å². The lowest BCUT2D eigenvalue weighted by atomic mass is 9.90. The molecule has 0 amide bonds. The van der Waals surface area contributed by atoms with E-state index >= 15 is 0 Å². The zero-order valence-electron chi connectivity index (χ0n) is 17.5. The molecule has 0 radical (unpaired) electrons. The van der Waals surface area contributed by atoms with E-state index in [1.807, 2.05) is 23.6 Å². The minimum Gasteiger partial charge on any atom is -0.378 e. The van der Waals surface area contributed by atoms with Crippen LogP contribution >= 0.6 is 24.0 Å². The van der Waals surface area contributed by atoms with Crippen molar-refractivity contribution >= 4 is 35.0 Å². The molecule has 2 heterocycles. The molecule has 0 unspecified atom stereocenters. The number of likely N-dealkylation sites (tertiary alicyclic amines) is 1. The molecule has 0 bridgehead atoms. The lowest BCUT2D eigenvalue weighted by Crippen LogP contribution is -2.45. The largest absolute Gasteiger partial charge is 0.378 e. The fourth-order valence-corrected chi connectivity index (χ4v) is 5.15. The van der Waals surface area contributed by atoms with Crippen LogP contribution in [0.3, 0.4) is 0 Å². The van der Waals surface area contributed by atoms with Crippen molar-refractivity contribution in [2.75, 3.05) is 19.7 Å². The molecule has 1 saturated heterocycles. The molecule has 7 heteroatoms. The van der Waals surface area contributed by atoms with Crippen LogP contribution in [0.5, 0.6) is 0 Å². The third-order valence-electron chi connectivity index (χ3n) is 6.58. The van der Waals surface area contributed by atoms with Gasteiger partial charge in [0.2, 0.25) is 0 Å². The quantitative estimate of drug-likeness (QED) is 0.702. The number of hydrogen-bond donors (Lipinski definition) is 1. The Kier molecular flexibility index (Phi) is 7.71. The number of imidazole rings is 1. The Morgan fingerprint density at radius 3 is 2.45 bits per heavy atom. The smallest absolute Gasteiger partial charge is 0.326 e. The van der Waals surface area contributed by atoms with Crippen molar-refractivity contribution in [3.8, 4) is 0 Å². The topological polar surface area (TPSA) is 50.3 Å². The Morgan fingerprint density at radius 1 is 1.10 bits per heavy atom. The summed E-state index contributed by atoms with van der Waals surface area (Å²) in [5, 5.41) is 0.703. The van der Waals surface area contributed by atoms with Gasteiger partial charge in [-0.2, -0.15) is 0 Å². The van der Waals surface area contributed by atoms with Gasteiger partial charge >= 0.3 is 5.69 Å². The molecule has 1 saturated carbocycles. The number of nitrogens with one attached hydrogen (secondary N) is 1. The lowest BCUT2D eigenvalue weighted by molar-refractivity contribution is 0.00254. The van der Waals surface area contributed by atoms with Gasteiger partial charge in [-0.1, -0.05) is 18.5 Å². The fraction of sp³-hybridized carbons (Fsp3) is 0.682. The molecule has 0 spiro atoms. The van der Waals surface area contributed by atoms with Gasteiger partial charge in [0.15, 0.2) is 0 Å². The standard InChI is InChI=1S/C22H32ClN3O2.ClH/c1-3-12-28-18-6-4-16(5-7-18)25-10-8-17(9-11-25)26-21-13-15(2)19(23)14-20(21)24-22(26)27;/h13-14,16-18H,3-12H2,1-2H3,(H,24,27);1H/t16-,18-;. The molecule has 2 aliphatic rings. The van der Waals surface area contributed by atoms with Gasteiger partial charge in [-0.25, -0.2) is 4.79 Å². The number of aromatic nitrogens is 2. The number of aromatic amines is 1. The maximum atomic E-state index is 12.6. The summed E-state index contributed by atoms with van der Waals surface area (Å²) in [7, 11) is 0. The monoisotopic (exact) mass is 441 g/mol. The zero-order valence-corrected chi connectivity index (χ0v) is 19.0. The maximum absolute atomic E-state index is 12.6. The number of piperidine rings is 1. The fourth-order valence-electron chi connectivity index (χ4n) is 4.98. The van der Waals surface area contributed by atoms with E-state index in [0.29, 0.717) is 17.2 Å². The Hall–Kier alpha value is -1.01. The Labute approximate surface area is 184 Å². The second-order valence-electron chi connectivity index (χ2n) is 8.49. The van der Waals surface area contributed by atoms with Gasteiger partial charge in [-0.05, 0) is 69.6 Å². The summed E-state index contributed by atoms with van der Waals surface area (Å²) in [6.45, 7) is 7.20. The van der Waals surface area contributed by atoms with Crippen LogP contribution in [-0.4, -0.2) is 46.3 Å². The first kappa shape index (κ1) is 22.7. The highest BCUT2D eigenvalue weighted by Crippen LogP contribution is 2.31. The minimum atomic E-state index is -0.0105. The van der Waals surface area contributed by atoms with Crippen molar-refractivity contribution in [3.63, 3.8) is 0 Å². The molecule has 2 aromatic rings. The van der Waals surface area contributed by atoms with Gasteiger partial charge in [0.05, 0.1) is 17.1 Å². The lowest BCUT2D eigenvalue weighted by Gasteiger charge is -2.41. The molecule has 1 aromatic carbocycles. The maximum Gasteiger partial charge on any atom is 0.326 e. The number of halogens is 2. The average molecular weight is 442 g/mol. The first-order valence-electron chi connectivity index (χ1n) is 10.8. The number of hydrogen-bond acceptors (Lipinski definition) is 3. The first-order valence-corrected chi connectivity index (χ1v) is 11.2. The Bertz CT molecular complexity index is 863. The molecule has 1 aliphatic carbocycles. The van der Waals surface area contributed by atoms with Crippen molar-refractivity contribution < 1.29 is 4.74 Å². The van der Waals surface area contributed by atoms with E-state index in [1.165, 1.54) is 25.7 Å². The highest BCUT2D eigenvalue weighted by Gasteiger charge is 2.30. The predicted octanol–water partition coefficient (Wildman–Crippen LogP) is 5.09. The number of benzene rings is 1. The highest BCUT2D eigenvalue weighted by atomic mass is 35.5. The van der Waals surface area contributed by atoms with Crippen LogP contribution < -0.4 is 5.69 Å². The van der Waals surface area contributed by atoms with E-state index in [4.69, 9.17) is 16.3 Å². The molecule has 1 N–H and O–H groups in total. The Morgan fingerprint density at radius 2 is 1.79 bits per heavy atom. The third-order valence-corrected chi connectivity index (χ3v) is 6.99. The Balaban J connectivity index is 0.00000240. The van der Waals surface area contributed by atoms with E-state index < -0.39 is 0 Å². The second kappa shape index (κ2) is 9.86. The van der Waals surface area contributed by atoms with E-state index in [-0.39, 0.29) is 24.1 Å². The van der Waals surface area contributed by atoms with Crippen molar-refractivity contribution in [2.24, 2.45) is 0 Å². The minimum absolute atomic E-state index is 0. The summed E-state index contributed by atoms with van der Waals surface area (Å²) in [5.41, 5.74) is 2.83. The van der Waals surface area contributed by atoms with Crippen LogP contribution in [0.25, 0.3) is 11.0 Å². The second-order valence-corrected chi connectivity index (χ2v) is 8.89. The summed E-state index contributed by atoms with van der Waals surface area (Å²) >= 11 is 6.23. The number of aryl methyl sites for hydroxylation is 1. The molecule has 0 atom stereocenters. The summed E-state index contributed by atoms with van der Waals surface area (Å²) in [5.74, 6) is 0. The van der Waals surface area contributed by atoms with Crippen LogP contribution in [0.15, 0.2) is 16.9 Å². The highest BCUT2D eigenvalue weighted by molar-refractivity contribution is 6.32. The van der Waals surface area contributed by atoms with E-state index in [1.54, 1.807) is 0 Å². The van der Waals surface area contributed by atoms with Crippen LogP contribution in [-0.2, 0) is 4.74 Å². The van der Waals surface area contributed by atoms with Crippen molar-refractivity contribution in [1.82, 2.24) is 14.5 Å². The van der Waals surface area contributed by atoms with Crippen molar-refractivity contribution in [3.05, 3.63) is 33.2 Å². The van der Waals surface area contributed by atoms with Crippen molar-refractivity contribution in [1.29, 1.82) is 0 Å². The van der Waals surface area contributed by atoms with Gasteiger partial charge in [0.25, 0.3) is 0 Å². The molecule has 29 heavy (non-hydrogen) atoms. The van der Waals surface area contributed by atoms with Gasteiger partial charge in [-0.3, -0.25) is 4.57 Å². The third kappa shape index (κ3) is 4.84. The normalized spacial score (nSPS) is 24.0. The van der Waals surface area contributed by atoms with Crippen LogP contribution in [0.1, 0.15) is 63.5 Å². The molecule has 5 nitrogen and oxygen atoms in total. The number of fused-ring (bicyclic) bond motifs is 1. The molecule has 162 valence electrons. The summed E-state index contributed by atoms with van der Waals surface area (Å²) in [6.07, 6.45) is 8.48. The first-order chi connectivity index (χ1) is 13.6. The van der Waals surface area contributed by atoms with Gasteiger partial charge < -0.3 is 14.6 Å². The van der Waals surface area contributed by atoms with Gasteiger partial charge in [0.1, 0.15) is 0 Å². The molecule has 1 aromatic heterocycles. The van der Waals surface area contributed by atoms with Crippen LogP contribution in [0, 0.1) is 6.92 Å². The van der Waals surface area contributed by atoms with Crippen LogP contribution in [0.4, 0.5) is 0 Å². The van der Waals surface area contributed by atoms with Crippen LogP contribution in [0.2, 0.25) is 5.02 Å². The predicted molar refractivity (Wildman–Crippen MR) is 122 cm³/mol. The zero-order chi connectivity index (χ0) is 19.7. The average Bonchev–Trinajstić information content (AvgIpc) is 3.02. The van der Waals surface area contributed by atoms with E-state index in [0.717, 1.165) is 55.6 Å².